The summed E-state index contributed by atoms with van der Waals surface area (Å²) in [5.41, 5.74) is -2.55. The van der Waals surface area contributed by atoms with Crippen LogP contribution >= 0.6 is 11.6 Å². The topological polar surface area (TPSA) is 37.3 Å². The second kappa shape index (κ2) is 3.13. The van der Waals surface area contributed by atoms with Crippen LogP contribution in [-0.2, 0) is 10.2 Å². The third-order valence-electron chi connectivity index (χ3n) is 2.76. The Hall–Kier alpha value is -1.23. The SMILES string of the molecule is O=C(O)C1(c2ccc(Cl)c(F)c2)CC1(F)F. The minimum Gasteiger partial charge on any atom is -0.480 e. The normalized spacial score (nSPS) is 26.5. The van der Waals surface area contributed by atoms with E-state index in [2.05, 4.69) is 0 Å². The molecule has 2 nitrogen and oxygen atoms in total. The van der Waals surface area contributed by atoms with Gasteiger partial charge in [0.1, 0.15) is 5.82 Å². The molecule has 0 aromatic heterocycles. The van der Waals surface area contributed by atoms with Gasteiger partial charge in [0.15, 0.2) is 5.41 Å². The standard InChI is InChI=1S/C10H6ClF3O2/c11-6-2-1-5(3-7(6)12)9(8(15)16)4-10(9,13)14/h1-3H,4H2,(H,15,16). The number of hydrogen-bond acceptors (Lipinski definition) is 1. The number of halogens is 4. The van der Waals surface area contributed by atoms with Crippen molar-refractivity contribution >= 4 is 17.6 Å². The Bertz CT molecular complexity index is 475. The van der Waals surface area contributed by atoms with E-state index in [9.17, 15) is 18.0 Å². The van der Waals surface area contributed by atoms with Gasteiger partial charge in [-0.1, -0.05) is 17.7 Å². The molecule has 1 aromatic carbocycles. The van der Waals surface area contributed by atoms with E-state index in [1.807, 2.05) is 0 Å². The van der Waals surface area contributed by atoms with Crippen LogP contribution in [0.2, 0.25) is 5.02 Å². The second-order valence-electron chi connectivity index (χ2n) is 3.72. The van der Waals surface area contributed by atoms with Crippen molar-refractivity contribution < 1.29 is 23.1 Å². The Balaban J connectivity index is 2.51. The molecule has 0 heterocycles. The molecule has 0 radical (unpaired) electrons. The van der Waals surface area contributed by atoms with Crippen LogP contribution < -0.4 is 0 Å². The summed E-state index contributed by atoms with van der Waals surface area (Å²) in [6, 6.07) is 2.93. The van der Waals surface area contributed by atoms with E-state index in [1.165, 1.54) is 0 Å². The molecular formula is C10H6ClF3O2. The van der Waals surface area contributed by atoms with Crippen LogP contribution in [0.5, 0.6) is 0 Å². The van der Waals surface area contributed by atoms with E-state index < -0.39 is 29.5 Å². The smallest absolute Gasteiger partial charge is 0.320 e. The van der Waals surface area contributed by atoms with Crippen LogP contribution in [0.4, 0.5) is 13.2 Å². The molecule has 1 atom stereocenters. The van der Waals surface area contributed by atoms with Crippen molar-refractivity contribution in [1.82, 2.24) is 0 Å². The molecule has 6 heteroatoms. The summed E-state index contributed by atoms with van der Waals surface area (Å²) >= 11 is 5.39. The minimum absolute atomic E-state index is 0.228. The number of benzene rings is 1. The Morgan fingerprint density at radius 3 is 2.38 bits per heavy atom. The van der Waals surface area contributed by atoms with Crippen molar-refractivity contribution in [3.05, 3.63) is 34.6 Å². The Kier molecular flexibility index (Phi) is 2.21. The number of carboxylic acid groups (broad SMARTS) is 1. The third kappa shape index (κ3) is 1.31. The fourth-order valence-corrected chi connectivity index (χ4v) is 1.84. The summed E-state index contributed by atoms with van der Waals surface area (Å²) in [5, 5.41) is 8.59. The molecule has 0 aliphatic heterocycles. The molecule has 1 saturated carbocycles. The number of alkyl halides is 2. The van der Waals surface area contributed by atoms with Gasteiger partial charge >= 0.3 is 5.97 Å². The lowest BCUT2D eigenvalue weighted by Gasteiger charge is -2.11. The van der Waals surface area contributed by atoms with Crippen molar-refractivity contribution in [2.45, 2.75) is 17.8 Å². The van der Waals surface area contributed by atoms with E-state index in [1.54, 1.807) is 0 Å². The fraction of sp³-hybridized carbons (Fsp3) is 0.300. The average molecular weight is 251 g/mol. The zero-order valence-corrected chi connectivity index (χ0v) is 8.56. The molecule has 2 rings (SSSR count). The molecule has 0 saturated heterocycles. The molecule has 0 spiro atoms. The largest absolute Gasteiger partial charge is 0.480 e. The van der Waals surface area contributed by atoms with Crippen molar-refractivity contribution in [2.24, 2.45) is 0 Å². The summed E-state index contributed by atoms with van der Waals surface area (Å²) in [6.07, 6.45) is -0.809. The number of aliphatic carboxylic acids is 1. The van der Waals surface area contributed by atoms with Gasteiger partial charge in [-0.05, 0) is 17.7 Å². The van der Waals surface area contributed by atoms with Gasteiger partial charge in [-0.3, -0.25) is 4.79 Å². The highest BCUT2D eigenvalue weighted by molar-refractivity contribution is 6.30. The molecule has 16 heavy (non-hydrogen) atoms. The average Bonchev–Trinajstić information content (AvgIpc) is 2.75. The second-order valence-corrected chi connectivity index (χ2v) is 4.13. The maximum atomic E-state index is 13.1. The molecule has 1 N–H and O–H groups in total. The number of carboxylic acids is 1. The summed E-state index contributed by atoms with van der Waals surface area (Å²) in [5.74, 6) is -5.89. The minimum atomic E-state index is -3.33. The van der Waals surface area contributed by atoms with E-state index >= 15 is 0 Å². The predicted octanol–water partition coefficient (Wildman–Crippen LogP) is 2.84. The quantitative estimate of drug-likeness (QED) is 0.876. The zero-order valence-electron chi connectivity index (χ0n) is 7.81. The highest BCUT2D eigenvalue weighted by atomic mass is 35.5. The van der Waals surface area contributed by atoms with E-state index in [4.69, 9.17) is 16.7 Å². The van der Waals surface area contributed by atoms with Gasteiger partial charge in [-0.2, -0.15) is 0 Å². The van der Waals surface area contributed by atoms with Crippen molar-refractivity contribution in [3.63, 3.8) is 0 Å². The summed E-state index contributed by atoms with van der Waals surface area (Å²) < 4.78 is 39.3. The maximum absolute atomic E-state index is 13.1. The van der Waals surface area contributed by atoms with Gasteiger partial charge in [0.25, 0.3) is 5.92 Å². The monoisotopic (exact) mass is 250 g/mol. The molecule has 0 amide bonds. The van der Waals surface area contributed by atoms with Gasteiger partial charge in [0, 0.05) is 6.42 Å². The van der Waals surface area contributed by atoms with Crippen LogP contribution in [0, 0.1) is 5.82 Å². The predicted molar refractivity (Wildman–Crippen MR) is 50.3 cm³/mol. The molecule has 1 unspecified atom stereocenters. The fourth-order valence-electron chi connectivity index (χ4n) is 1.72. The Morgan fingerprint density at radius 1 is 1.44 bits per heavy atom. The lowest BCUT2D eigenvalue weighted by molar-refractivity contribution is -0.142. The van der Waals surface area contributed by atoms with Gasteiger partial charge < -0.3 is 5.11 Å². The lowest BCUT2D eigenvalue weighted by atomic mass is 9.95. The van der Waals surface area contributed by atoms with Crippen LogP contribution in [-0.4, -0.2) is 17.0 Å². The molecular weight excluding hydrogens is 245 g/mol. The van der Waals surface area contributed by atoms with Crippen LogP contribution in [0.25, 0.3) is 0 Å². The summed E-state index contributed by atoms with van der Waals surface area (Å²) in [6.45, 7) is 0. The van der Waals surface area contributed by atoms with Crippen LogP contribution in [0.1, 0.15) is 12.0 Å². The van der Waals surface area contributed by atoms with Crippen molar-refractivity contribution in [1.29, 1.82) is 0 Å². The summed E-state index contributed by atoms with van der Waals surface area (Å²) in [4.78, 5) is 10.9. The molecule has 1 aromatic rings. The summed E-state index contributed by atoms with van der Waals surface area (Å²) in [7, 11) is 0. The van der Waals surface area contributed by atoms with Crippen LogP contribution in [0.15, 0.2) is 18.2 Å². The van der Waals surface area contributed by atoms with Crippen molar-refractivity contribution in [2.75, 3.05) is 0 Å². The maximum Gasteiger partial charge on any atom is 0.320 e. The van der Waals surface area contributed by atoms with Gasteiger partial charge in [-0.15, -0.1) is 0 Å². The van der Waals surface area contributed by atoms with Crippen LogP contribution in [0.3, 0.4) is 0 Å². The number of carbonyl (C=O) groups is 1. The molecule has 1 aliphatic rings. The number of rotatable bonds is 2. The number of hydrogen-bond donors (Lipinski definition) is 1. The van der Waals surface area contributed by atoms with Gasteiger partial charge in [-0.25, -0.2) is 13.2 Å². The van der Waals surface area contributed by atoms with E-state index in [0.717, 1.165) is 18.2 Å². The first kappa shape index (κ1) is 11.3. The van der Waals surface area contributed by atoms with Crippen molar-refractivity contribution in [3.8, 4) is 0 Å². The van der Waals surface area contributed by atoms with Gasteiger partial charge in [0.05, 0.1) is 5.02 Å². The Morgan fingerprint density at radius 2 is 2.00 bits per heavy atom. The third-order valence-corrected chi connectivity index (χ3v) is 3.07. The molecule has 86 valence electrons. The zero-order chi connectivity index (χ0) is 12.1. The first-order chi connectivity index (χ1) is 7.31. The van der Waals surface area contributed by atoms with E-state index in [-0.39, 0.29) is 10.6 Å². The highest BCUT2D eigenvalue weighted by Gasteiger charge is 2.77. The molecule has 1 aliphatic carbocycles. The Labute approximate surface area is 93.6 Å². The first-order valence-electron chi connectivity index (χ1n) is 4.38. The highest BCUT2D eigenvalue weighted by Crippen LogP contribution is 2.61. The molecule has 1 fully saturated rings. The van der Waals surface area contributed by atoms with Gasteiger partial charge in [0.2, 0.25) is 0 Å². The molecule has 0 bridgehead atoms. The van der Waals surface area contributed by atoms with E-state index in [0.29, 0.717) is 0 Å². The lowest BCUT2D eigenvalue weighted by Crippen LogP contribution is -2.27. The first-order valence-corrected chi connectivity index (χ1v) is 4.76.